The fourth-order valence-electron chi connectivity index (χ4n) is 3.92. The van der Waals surface area contributed by atoms with E-state index in [9.17, 15) is 4.79 Å². The maximum Gasteiger partial charge on any atom is 0.238 e. The van der Waals surface area contributed by atoms with Gasteiger partial charge in [0.15, 0.2) is 5.65 Å². The third-order valence-electron chi connectivity index (χ3n) is 5.67. The zero-order valence-corrected chi connectivity index (χ0v) is 19.2. The SMILES string of the molecule is CC(=O)N(CCc1cc(N)c(-c2ccc(Oc3ccccc3)cc2)cn1)n1ccc2cncnc21. The zero-order chi connectivity index (χ0) is 24.2. The van der Waals surface area contributed by atoms with E-state index in [2.05, 4.69) is 15.0 Å². The standard InChI is InChI=1S/C27H24N6O2/c1-19(34)32(33-13-11-21-16-29-18-31-27(21)33)14-12-22-15-26(28)25(17-30-22)20-7-9-24(10-8-20)35-23-5-3-2-4-6-23/h2-11,13,15-18H,12,14H2,1H3,(H2,28,30). The molecule has 0 saturated heterocycles. The highest BCUT2D eigenvalue weighted by Gasteiger charge is 2.15. The van der Waals surface area contributed by atoms with Gasteiger partial charge in [0.2, 0.25) is 5.91 Å². The van der Waals surface area contributed by atoms with Crippen LogP contribution >= 0.6 is 0 Å². The number of anilines is 1. The molecule has 0 fully saturated rings. The molecule has 1 amide bonds. The van der Waals surface area contributed by atoms with Crippen LogP contribution in [0, 0.1) is 0 Å². The number of para-hydroxylation sites is 1. The van der Waals surface area contributed by atoms with Gasteiger partial charge in [0, 0.05) is 60.8 Å². The molecule has 0 aliphatic heterocycles. The third kappa shape index (κ3) is 4.81. The first-order chi connectivity index (χ1) is 17.1. The van der Waals surface area contributed by atoms with Crippen molar-refractivity contribution in [3.63, 3.8) is 0 Å². The van der Waals surface area contributed by atoms with Gasteiger partial charge < -0.3 is 10.5 Å². The number of carbonyl (C=O) groups is 1. The zero-order valence-electron chi connectivity index (χ0n) is 19.2. The fraction of sp³-hybridized carbons (Fsp3) is 0.111. The quantitative estimate of drug-likeness (QED) is 0.378. The van der Waals surface area contributed by atoms with Crippen molar-refractivity contribution in [2.75, 3.05) is 17.3 Å². The summed E-state index contributed by atoms with van der Waals surface area (Å²) in [7, 11) is 0. The summed E-state index contributed by atoms with van der Waals surface area (Å²) in [6.45, 7) is 1.96. The van der Waals surface area contributed by atoms with Crippen molar-refractivity contribution in [2.45, 2.75) is 13.3 Å². The minimum Gasteiger partial charge on any atom is -0.457 e. The van der Waals surface area contributed by atoms with Gasteiger partial charge in [-0.25, -0.2) is 19.7 Å². The second-order valence-electron chi connectivity index (χ2n) is 8.06. The Labute approximate surface area is 202 Å². The second kappa shape index (κ2) is 9.64. The molecule has 0 aliphatic rings. The van der Waals surface area contributed by atoms with Gasteiger partial charge >= 0.3 is 0 Å². The van der Waals surface area contributed by atoms with E-state index in [1.165, 1.54) is 13.3 Å². The Kier molecular flexibility index (Phi) is 6.09. The Morgan fingerprint density at radius 3 is 2.51 bits per heavy atom. The van der Waals surface area contributed by atoms with Crippen LogP contribution < -0.4 is 15.5 Å². The molecule has 0 unspecified atom stereocenters. The van der Waals surface area contributed by atoms with Crippen molar-refractivity contribution in [2.24, 2.45) is 0 Å². The molecule has 0 saturated carbocycles. The number of carbonyl (C=O) groups excluding carboxylic acids is 1. The Bertz CT molecular complexity index is 1460. The van der Waals surface area contributed by atoms with Crippen LogP contribution in [0.2, 0.25) is 0 Å². The highest BCUT2D eigenvalue weighted by Crippen LogP contribution is 2.29. The molecule has 2 aromatic carbocycles. The molecule has 0 spiro atoms. The maximum absolute atomic E-state index is 12.4. The van der Waals surface area contributed by atoms with E-state index < -0.39 is 0 Å². The summed E-state index contributed by atoms with van der Waals surface area (Å²) in [5.74, 6) is 1.43. The van der Waals surface area contributed by atoms with E-state index in [1.54, 1.807) is 22.1 Å². The maximum atomic E-state index is 12.4. The first kappa shape index (κ1) is 22.1. The Morgan fingerprint density at radius 2 is 1.77 bits per heavy atom. The lowest BCUT2D eigenvalue weighted by molar-refractivity contribution is -0.118. The van der Waals surface area contributed by atoms with Crippen molar-refractivity contribution in [1.29, 1.82) is 0 Å². The molecule has 35 heavy (non-hydrogen) atoms. The van der Waals surface area contributed by atoms with Gasteiger partial charge in [0.1, 0.15) is 17.8 Å². The fourth-order valence-corrected chi connectivity index (χ4v) is 3.92. The average molecular weight is 465 g/mol. The van der Waals surface area contributed by atoms with Gasteiger partial charge in [-0.15, -0.1) is 0 Å². The number of hydrogen-bond donors (Lipinski definition) is 1. The number of ether oxygens (including phenoxy) is 1. The van der Waals surface area contributed by atoms with Gasteiger partial charge in [-0.1, -0.05) is 30.3 Å². The number of aromatic nitrogens is 4. The molecular weight excluding hydrogens is 440 g/mol. The lowest BCUT2D eigenvalue weighted by Crippen LogP contribution is -2.40. The molecule has 0 atom stereocenters. The number of nitrogens with two attached hydrogens (primary N) is 1. The van der Waals surface area contributed by atoms with Gasteiger partial charge in [-0.05, 0) is 42.0 Å². The predicted molar refractivity (Wildman–Crippen MR) is 136 cm³/mol. The lowest BCUT2D eigenvalue weighted by Gasteiger charge is -2.22. The van der Waals surface area contributed by atoms with Crippen molar-refractivity contribution in [3.05, 3.63) is 97.3 Å². The van der Waals surface area contributed by atoms with Crippen LogP contribution in [0.5, 0.6) is 11.5 Å². The Morgan fingerprint density at radius 1 is 1.00 bits per heavy atom. The number of pyridine rings is 1. The summed E-state index contributed by atoms with van der Waals surface area (Å²) in [4.78, 5) is 25.3. The number of fused-ring (bicyclic) bond motifs is 1. The van der Waals surface area contributed by atoms with Crippen molar-refractivity contribution in [3.8, 4) is 22.6 Å². The summed E-state index contributed by atoms with van der Waals surface area (Å²) in [6.07, 6.45) is 7.32. The third-order valence-corrected chi connectivity index (χ3v) is 5.67. The Hall–Kier alpha value is -4.72. The first-order valence-electron chi connectivity index (χ1n) is 11.2. The van der Waals surface area contributed by atoms with E-state index >= 15 is 0 Å². The second-order valence-corrected chi connectivity index (χ2v) is 8.06. The molecule has 5 rings (SSSR count). The molecule has 0 radical (unpaired) electrons. The molecule has 3 aromatic heterocycles. The summed E-state index contributed by atoms with van der Waals surface area (Å²) in [5, 5.41) is 2.50. The van der Waals surface area contributed by atoms with Crippen LogP contribution in [0.1, 0.15) is 12.6 Å². The largest absolute Gasteiger partial charge is 0.457 e. The highest BCUT2D eigenvalue weighted by molar-refractivity contribution is 5.86. The number of nitrogens with zero attached hydrogens (tertiary/aromatic N) is 5. The first-order valence-corrected chi connectivity index (χ1v) is 11.2. The summed E-state index contributed by atoms with van der Waals surface area (Å²) in [6, 6.07) is 21.1. The average Bonchev–Trinajstić information content (AvgIpc) is 3.29. The number of benzene rings is 2. The number of amides is 1. The Balaban J connectivity index is 1.29. The number of hydrogen-bond acceptors (Lipinski definition) is 6. The van der Waals surface area contributed by atoms with Gasteiger partial charge in [-0.2, -0.15) is 0 Å². The van der Waals surface area contributed by atoms with Crippen LogP contribution in [-0.2, 0) is 11.2 Å². The van der Waals surface area contributed by atoms with E-state index in [0.717, 1.165) is 33.7 Å². The highest BCUT2D eigenvalue weighted by atomic mass is 16.5. The number of rotatable bonds is 7. The molecular formula is C27H24N6O2. The minimum absolute atomic E-state index is 0.0940. The van der Waals surface area contributed by atoms with E-state index in [-0.39, 0.29) is 5.91 Å². The van der Waals surface area contributed by atoms with Crippen molar-refractivity contribution >= 4 is 22.6 Å². The van der Waals surface area contributed by atoms with Crippen LogP contribution in [-0.4, -0.2) is 32.1 Å². The van der Waals surface area contributed by atoms with Crippen LogP contribution in [0.3, 0.4) is 0 Å². The monoisotopic (exact) mass is 464 g/mol. The summed E-state index contributed by atoms with van der Waals surface area (Å²) >= 11 is 0. The molecule has 8 heteroatoms. The normalized spacial score (nSPS) is 10.9. The van der Waals surface area contributed by atoms with Crippen LogP contribution in [0.4, 0.5) is 5.69 Å². The molecule has 3 heterocycles. The van der Waals surface area contributed by atoms with Gasteiger partial charge in [0.05, 0.1) is 0 Å². The minimum atomic E-state index is -0.0940. The summed E-state index contributed by atoms with van der Waals surface area (Å²) in [5.41, 5.74) is 10.3. The molecule has 0 bridgehead atoms. The summed E-state index contributed by atoms with van der Waals surface area (Å²) < 4.78 is 7.61. The van der Waals surface area contributed by atoms with Crippen molar-refractivity contribution < 1.29 is 9.53 Å². The molecule has 174 valence electrons. The van der Waals surface area contributed by atoms with Crippen LogP contribution in [0.25, 0.3) is 22.2 Å². The van der Waals surface area contributed by atoms with Crippen molar-refractivity contribution in [1.82, 2.24) is 19.6 Å². The topological polar surface area (TPSA) is 99.2 Å². The molecule has 8 nitrogen and oxygen atoms in total. The predicted octanol–water partition coefficient (Wildman–Crippen LogP) is 4.60. The lowest BCUT2D eigenvalue weighted by atomic mass is 10.0. The van der Waals surface area contributed by atoms with Gasteiger partial charge in [0.25, 0.3) is 0 Å². The van der Waals surface area contributed by atoms with E-state index in [4.69, 9.17) is 10.5 Å². The molecule has 2 N–H and O–H groups in total. The van der Waals surface area contributed by atoms with Gasteiger partial charge in [-0.3, -0.25) is 9.78 Å². The smallest absolute Gasteiger partial charge is 0.238 e. The number of nitrogen functional groups attached to an aromatic ring is 1. The van der Waals surface area contributed by atoms with E-state index in [1.807, 2.05) is 72.9 Å². The molecule has 5 aromatic rings. The van der Waals surface area contributed by atoms with Crippen LogP contribution in [0.15, 0.2) is 91.6 Å². The molecule has 0 aliphatic carbocycles. The van der Waals surface area contributed by atoms with E-state index in [0.29, 0.717) is 24.3 Å².